The molecule has 0 N–H and O–H groups in total. The molecule has 0 spiro atoms. The lowest BCUT2D eigenvalue weighted by molar-refractivity contribution is -0.133. The number of amides is 1. The molecule has 1 atom stereocenters. The minimum atomic E-state index is 0.154. The highest BCUT2D eigenvalue weighted by Gasteiger charge is 2.29. The van der Waals surface area contributed by atoms with Gasteiger partial charge in [0.1, 0.15) is 12.4 Å². The zero-order valence-corrected chi connectivity index (χ0v) is 12.6. The van der Waals surface area contributed by atoms with Crippen molar-refractivity contribution in [1.29, 1.82) is 0 Å². The fourth-order valence-electron chi connectivity index (χ4n) is 3.15. The number of aryl methyl sites for hydroxylation is 1. The van der Waals surface area contributed by atoms with E-state index in [2.05, 4.69) is 4.98 Å². The number of likely N-dealkylation sites (tertiary alicyclic amines) is 1. The Bertz CT molecular complexity index is 650. The van der Waals surface area contributed by atoms with Crippen LogP contribution in [-0.4, -0.2) is 46.7 Å². The number of fused-ring (bicyclic) bond motifs is 1. The molecule has 3 rings (SSSR count). The molecule has 1 saturated heterocycles. The summed E-state index contributed by atoms with van der Waals surface area (Å²) < 4.78 is 7.22. The van der Waals surface area contributed by atoms with Gasteiger partial charge < -0.3 is 14.2 Å². The number of benzene rings is 1. The lowest BCUT2D eigenvalue weighted by Gasteiger charge is -2.24. The lowest BCUT2D eigenvalue weighted by atomic mass is 10.2. The molecule has 21 heavy (non-hydrogen) atoms. The Kier molecular flexibility index (Phi) is 3.92. The quantitative estimate of drug-likeness (QED) is 0.864. The molecule has 1 aliphatic heterocycles. The molecule has 0 aliphatic carbocycles. The van der Waals surface area contributed by atoms with Crippen LogP contribution in [0.15, 0.2) is 24.3 Å². The second kappa shape index (κ2) is 5.85. The summed E-state index contributed by atoms with van der Waals surface area (Å²) in [6.07, 6.45) is 2.09. The first-order valence-electron chi connectivity index (χ1n) is 7.41. The highest BCUT2D eigenvalue weighted by Crippen LogP contribution is 2.20. The van der Waals surface area contributed by atoms with Crippen molar-refractivity contribution in [3.63, 3.8) is 0 Å². The maximum absolute atomic E-state index is 12.6. The Morgan fingerprint density at radius 1 is 1.43 bits per heavy atom. The minimum Gasteiger partial charge on any atom is -0.383 e. The average molecular weight is 287 g/mol. The van der Waals surface area contributed by atoms with Crippen LogP contribution in [0.1, 0.15) is 18.7 Å². The van der Waals surface area contributed by atoms with Gasteiger partial charge in [-0.2, -0.15) is 0 Å². The predicted molar refractivity (Wildman–Crippen MR) is 81.1 cm³/mol. The van der Waals surface area contributed by atoms with Gasteiger partial charge in [0, 0.05) is 13.7 Å². The van der Waals surface area contributed by atoms with E-state index >= 15 is 0 Å². The molecular weight excluding hydrogens is 266 g/mol. The van der Waals surface area contributed by atoms with E-state index in [1.54, 1.807) is 7.11 Å². The van der Waals surface area contributed by atoms with E-state index in [4.69, 9.17) is 4.74 Å². The maximum Gasteiger partial charge on any atom is 0.242 e. The molecule has 0 bridgehead atoms. The van der Waals surface area contributed by atoms with E-state index < -0.39 is 0 Å². The van der Waals surface area contributed by atoms with Crippen LogP contribution in [0.4, 0.5) is 0 Å². The largest absolute Gasteiger partial charge is 0.383 e. The van der Waals surface area contributed by atoms with E-state index in [-0.39, 0.29) is 11.9 Å². The summed E-state index contributed by atoms with van der Waals surface area (Å²) in [5.41, 5.74) is 1.96. The monoisotopic (exact) mass is 287 g/mol. The number of methoxy groups -OCH3 is 1. The number of carbonyl (C=O) groups excluding carboxylic acids is 1. The van der Waals surface area contributed by atoms with Gasteiger partial charge in [0.2, 0.25) is 5.91 Å². The van der Waals surface area contributed by atoms with Gasteiger partial charge in [-0.1, -0.05) is 12.1 Å². The molecule has 1 aromatic heterocycles. The van der Waals surface area contributed by atoms with Crippen LogP contribution in [0.25, 0.3) is 11.0 Å². The molecule has 5 heteroatoms. The lowest BCUT2D eigenvalue weighted by Crippen LogP contribution is -2.40. The van der Waals surface area contributed by atoms with Crippen molar-refractivity contribution in [2.75, 3.05) is 20.3 Å². The Morgan fingerprint density at radius 3 is 3.05 bits per heavy atom. The average Bonchev–Trinajstić information content (AvgIpc) is 3.05. The van der Waals surface area contributed by atoms with Gasteiger partial charge in [0.25, 0.3) is 0 Å². The zero-order valence-electron chi connectivity index (χ0n) is 12.6. The van der Waals surface area contributed by atoms with Crippen LogP contribution in [0, 0.1) is 6.92 Å². The Labute approximate surface area is 124 Å². The third-order valence-electron chi connectivity index (χ3n) is 4.20. The SMILES string of the molecule is COC[C@@H]1CCCN1C(=O)Cn1c(C)nc2ccccc21. The van der Waals surface area contributed by atoms with Gasteiger partial charge in [0.15, 0.2) is 0 Å². The van der Waals surface area contributed by atoms with E-state index in [1.807, 2.05) is 40.7 Å². The molecule has 1 amide bonds. The van der Waals surface area contributed by atoms with Crippen molar-refractivity contribution >= 4 is 16.9 Å². The molecule has 1 fully saturated rings. The summed E-state index contributed by atoms with van der Waals surface area (Å²) in [6.45, 7) is 3.75. The van der Waals surface area contributed by atoms with Crippen LogP contribution in [-0.2, 0) is 16.1 Å². The Balaban J connectivity index is 1.81. The normalized spacial score (nSPS) is 18.6. The fourth-order valence-corrected chi connectivity index (χ4v) is 3.15. The van der Waals surface area contributed by atoms with Crippen LogP contribution in [0.3, 0.4) is 0 Å². The predicted octanol–water partition coefficient (Wildman–Crippen LogP) is 1.98. The van der Waals surface area contributed by atoms with Crippen molar-refractivity contribution in [3.8, 4) is 0 Å². The Morgan fingerprint density at radius 2 is 2.24 bits per heavy atom. The van der Waals surface area contributed by atoms with Gasteiger partial charge >= 0.3 is 0 Å². The summed E-state index contributed by atoms with van der Waals surface area (Å²) in [5, 5.41) is 0. The molecule has 0 radical (unpaired) electrons. The first kappa shape index (κ1) is 14.1. The van der Waals surface area contributed by atoms with Crippen LogP contribution >= 0.6 is 0 Å². The van der Waals surface area contributed by atoms with Gasteiger partial charge in [-0.3, -0.25) is 4.79 Å². The number of hydrogen-bond acceptors (Lipinski definition) is 3. The van der Waals surface area contributed by atoms with Crippen molar-refractivity contribution in [2.24, 2.45) is 0 Å². The second-order valence-corrected chi connectivity index (χ2v) is 5.57. The topological polar surface area (TPSA) is 47.4 Å². The number of rotatable bonds is 4. The van der Waals surface area contributed by atoms with Gasteiger partial charge in [-0.05, 0) is 31.9 Å². The van der Waals surface area contributed by atoms with Gasteiger partial charge in [-0.15, -0.1) is 0 Å². The van der Waals surface area contributed by atoms with Crippen molar-refractivity contribution < 1.29 is 9.53 Å². The molecule has 1 aliphatic rings. The number of ether oxygens (including phenoxy) is 1. The summed E-state index contributed by atoms with van der Waals surface area (Å²) in [6, 6.07) is 8.16. The van der Waals surface area contributed by atoms with E-state index in [0.717, 1.165) is 36.2 Å². The zero-order chi connectivity index (χ0) is 14.8. The van der Waals surface area contributed by atoms with Gasteiger partial charge in [0.05, 0.1) is 23.7 Å². The van der Waals surface area contributed by atoms with Crippen LogP contribution in [0.2, 0.25) is 0 Å². The highest BCUT2D eigenvalue weighted by molar-refractivity contribution is 5.81. The van der Waals surface area contributed by atoms with Crippen molar-refractivity contribution in [3.05, 3.63) is 30.1 Å². The summed E-state index contributed by atoms with van der Waals surface area (Å²) in [7, 11) is 1.69. The molecular formula is C16H21N3O2. The van der Waals surface area contributed by atoms with Crippen molar-refractivity contribution in [1.82, 2.24) is 14.5 Å². The third-order valence-corrected chi connectivity index (χ3v) is 4.20. The Hall–Kier alpha value is -1.88. The molecule has 2 heterocycles. The number of imidazole rings is 1. The second-order valence-electron chi connectivity index (χ2n) is 5.57. The first-order chi connectivity index (χ1) is 10.2. The van der Waals surface area contributed by atoms with E-state index in [0.29, 0.717) is 13.2 Å². The fraction of sp³-hybridized carbons (Fsp3) is 0.500. The number of aromatic nitrogens is 2. The highest BCUT2D eigenvalue weighted by atomic mass is 16.5. The number of nitrogens with zero attached hydrogens (tertiary/aromatic N) is 3. The molecule has 2 aromatic rings. The smallest absolute Gasteiger partial charge is 0.242 e. The number of carbonyl (C=O) groups is 1. The van der Waals surface area contributed by atoms with Crippen LogP contribution in [0.5, 0.6) is 0 Å². The van der Waals surface area contributed by atoms with Crippen LogP contribution < -0.4 is 0 Å². The number of hydrogen-bond donors (Lipinski definition) is 0. The van der Waals surface area contributed by atoms with Gasteiger partial charge in [-0.25, -0.2) is 4.98 Å². The van der Waals surface area contributed by atoms with E-state index in [9.17, 15) is 4.79 Å². The standard InChI is InChI=1S/C16H21N3O2/c1-12-17-14-7-3-4-8-15(14)19(12)10-16(20)18-9-5-6-13(18)11-21-2/h3-4,7-8,13H,5-6,9-11H2,1-2H3/t13-/m0/s1. The third kappa shape index (κ3) is 2.65. The maximum atomic E-state index is 12.6. The molecule has 0 saturated carbocycles. The molecule has 0 unspecified atom stereocenters. The molecule has 5 nitrogen and oxygen atoms in total. The molecule has 112 valence electrons. The number of para-hydroxylation sites is 2. The van der Waals surface area contributed by atoms with E-state index in [1.165, 1.54) is 0 Å². The minimum absolute atomic E-state index is 0.154. The summed E-state index contributed by atoms with van der Waals surface area (Å²) in [4.78, 5) is 19.1. The summed E-state index contributed by atoms with van der Waals surface area (Å²) in [5.74, 6) is 1.04. The summed E-state index contributed by atoms with van der Waals surface area (Å²) >= 11 is 0. The van der Waals surface area contributed by atoms with Crippen molar-refractivity contribution in [2.45, 2.75) is 32.4 Å². The first-order valence-corrected chi connectivity index (χ1v) is 7.41. The molecule has 1 aromatic carbocycles.